The fourth-order valence-electron chi connectivity index (χ4n) is 2.35. The number of amides is 1. The van der Waals surface area contributed by atoms with E-state index >= 15 is 0 Å². The van der Waals surface area contributed by atoms with E-state index in [0.717, 1.165) is 12.8 Å². The number of nitrogens with zero attached hydrogens (tertiary/aromatic N) is 1. The van der Waals surface area contributed by atoms with E-state index in [1.165, 1.54) is 12.8 Å². The predicted octanol–water partition coefficient (Wildman–Crippen LogP) is 1.09. The van der Waals surface area contributed by atoms with Gasteiger partial charge in [-0.05, 0) is 32.4 Å². The molecule has 0 radical (unpaired) electrons. The molecule has 5 heteroatoms. The Bertz CT molecular complexity index is 422. The number of ether oxygens (including phenoxy) is 1. The van der Waals surface area contributed by atoms with E-state index in [9.17, 15) is 4.79 Å². The number of primary amides is 1. The molecule has 1 heterocycles. The van der Waals surface area contributed by atoms with E-state index in [1.807, 2.05) is 7.05 Å². The van der Waals surface area contributed by atoms with Crippen LogP contribution in [-0.2, 0) is 0 Å². The minimum atomic E-state index is -0.462. The summed E-state index contributed by atoms with van der Waals surface area (Å²) in [6, 6.07) is 3.53. The van der Waals surface area contributed by atoms with Crippen LogP contribution < -0.4 is 15.8 Å². The molecule has 0 bridgehead atoms. The van der Waals surface area contributed by atoms with Crippen LogP contribution >= 0.6 is 0 Å². The zero-order valence-electron chi connectivity index (χ0n) is 10.6. The van der Waals surface area contributed by atoms with Gasteiger partial charge >= 0.3 is 0 Å². The van der Waals surface area contributed by atoms with Crippen LogP contribution in [0.1, 0.15) is 36.0 Å². The largest absolute Gasteiger partial charge is 0.473 e. The third kappa shape index (κ3) is 2.98. The lowest BCUT2D eigenvalue weighted by atomic mass is 9.92. The van der Waals surface area contributed by atoms with E-state index in [-0.39, 0.29) is 6.10 Å². The summed E-state index contributed by atoms with van der Waals surface area (Å²) in [6.45, 7) is 0. The van der Waals surface area contributed by atoms with Crippen LogP contribution in [0.25, 0.3) is 0 Å². The minimum absolute atomic E-state index is 0.111. The van der Waals surface area contributed by atoms with Gasteiger partial charge in [-0.25, -0.2) is 4.98 Å². The third-order valence-electron chi connectivity index (χ3n) is 3.36. The van der Waals surface area contributed by atoms with Gasteiger partial charge in [0.2, 0.25) is 11.8 Å². The Morgan fingerprint density at radius 3 is 3.00 bits per heavy atom. The Balaban J connectivity index is 2.07. The summed E-state index contributed by atoms with van der Waals surface area (Å²) >= 11 is 0. The van der Waals surface area contributed by atoms with E-state index in [2.05, 4.69) is 10.3 Å². The second-order valence-corrected chi connectivity index (χ2v) is 4.58. The number of rotatable bonds is 4. The SMILES string of the molecule is CNC1CCCCC1Oc1cc(C(N)=O)ccn1. The highest BCUT2D eigenvalue weighted by atomic mass is 16.5. The molecule has 1 amide bonds. The summed E-state index contributed by atoms with van der Waals surface area (Å²) in [7, 11) is 1.94. The van der Waals surface area contributed by atoms with E-state index < -0.39 is 5.91 Å². The van der Waals surface area contributed by atoms with E-state index in [4.69, 9.17) is 10.5 Å². The van der Waals surface area contributed by atoms with Gasteiger partial charge in [-0.3, -0.25) is 4.79 Å². The molecule has 0 aliphatic heterocycles. The maximum absolute atomic E-state index is 11.1. The highest BCUT2D eigenvalue weighted by Crippen LogP contribution is 2.23. The molecular formula is C13H19N3O2. The van der Waals surface area contributed by atoms with Crippen LogP contribution in [0.15, 0.2) is 18.3 Å². The molecule has 0 aromatic carbocycles. The maximum Gasteiger partial charge on any atom is 0.248 e. The number of nitrogens with two attached hydrogens (primary N) is 1. The molecule has 1 aliphatic rings. The molecule has 1 aliphatic carbocycles. The first kappa shape index (κ1) is 12.8. The predicted molar refractivity (Wildman–Crippen MR) is 68.5 cm³/mol. The lowest BCUT2D eigenvalue weighted by Crippen LogP contribution is -2.43. The molecule has 2 rings (SSSR count). The van der Waals surface area contributed by atoms with Crippen LogP contribution in [-0.4, -0.2) is 30.1 Å². The average molecular weight is 249 g/mol. The average Bonchev–Trinajstić information content (AvgIpc) is 2.39. The fraction of sp³-hybridized carbons (Fsp3) is 0.538. The number of carbonyl (C=O) groups excluding carboxylic acids is 1. The molecule has 1 fully saturated rings. The molecule has 5 nitrogen and oxygen atoms in total. The smallest absolute Gasteiger partial charge is 0.248 e. The summed E-state index contributed by atoms with van der Waals surface area (Å²) in [5, 5.41) is 3.27. The Morgan fingerprint density at radius 1 is 1.50 bits per heavy atom. The normalized spacial score (nSPS) is 23.6. The summed E-state index contributed by atoms with van der Waals surface area (Å²) < 4.78 is 5.87. The number of likely N-dealkylation sites (N-methyl/N-ethyl adjacent to an activating group) is 1. The molecular weight excluding hydrogens is 230 g/mol. The Labute approximate surface area is 107 Å². The molecule has 1 saturated carbocycles. The second kappa shape index (κ2) is 5.82. The van der Waals surface area contributed by atoms with Crippen molar-refractivity contribution >= 4 is 5.91 Å². The number of hydrogen-bond acceptors (Lipinski definition) is 4. The van der Waals surface area contributed by atoms with Crippen molar-refractivity contribution in [3.63, 3.8) is 0 Å². The molecule has 98 valence electrons. The van der Waals surface area contributed by atoms with Crippen molar-refractivity contribution in [1.29, 1.82) is 0 Å². The molecule has 3 N–H and O–H groups in total. The van der Waals surface area contributed by atoms with Crippen molar-refractivity contribution in [3.05, 3.63) is 23.9 Å². The first-order valence-corrected chi connectivity index (χ1v) is 6.30. The first-order chi connectivity index (χ1) is 8.70. The standard InChI is InChI=1S/C13H19N3O2/c1-15-10-4-2-3-5-11(10)18-12-8-9(13(14)17)6-7-16-12/h6-8,10-11,15H,2-5H2,1H3,(H2,14,17). The molecule has 0 saturated heterocycles. The quantitative estimate of drug-likeness (QED) is 0.837. The zero-order valence-corrected chi connectivity index (χ0v) is 10.6. The monoisotopic (exact) mass is 249 g/mol. The zero-order chi connectivity index (χ0) is 13.0. The number of carbonyl (C=O) groups is 1. The van der Waals surface area contributed by atoms with Crippen molar-refractivity contribution in [2.24, 2.45) is 5.73 Å². The Hall–Kier alpha value is -1.62. The molecule has 0 spiro atoms. The van der Waals surface area contributed by atoms with Gasteiger partial charge in [-0.1, -0.05) is 6.42 Å². The van der Waals surface area contributed by atoms with Crippen LogP contribution in [0, 0.1) is 0 Å². The molecule has 1 aromatic rings. The Kier molecular flexibility index (Phi) is 4.15. The second-order valence-electron chi connectivity index (χ2n) is 4.58. The van der Waals surface area contributed by atoms with Crippen molar-refractivity contribution in [1.82, 2.24) is 10.3 Å². The lowest BCUT2D eigenvalue weighted by molar-refractivity contribution is 0.0994. The van der Waals surface area contributed by atoms with Gasteiger partial charge in [-0.2, -0.15) is 0 Å². The number of aromatic nitrogens is 1. The molecule has 1 aromatic heterocycles. The highest BCUT2D eigenvalue weighted by Gasteiger charge is 2.25. The van der Waals surface area contributed by atoms with Gasteiger partial charge in [0.15, 0.2) is 0 Å². The number of hydrogen-bond donors (Lipinski definition) is 2. The topological polar surface area (TPSA) is 77.2 Å². The lowest BCUT2D eigenvalue weighted by Gasteiger charge is -2.31. The van der Waals surface area contributed by atoms with Crippen LogP contribution in [0.5, 0.6) is 5.88 Å². The van der Waals surface area contributed by atoms with Crippen molar-refractivity contribution in [3.8, 4) is 5.88 Å². The van der Waals surface area contributed by atoms with Gasteiger partial charge in [0.05, 0.1) is 0 Å². The maximum atomic E-state index is 11.1. The van der Waals surface area contributed by atoms with Crippen LogP contribution in [0.4, 0.5) is 0 Å². The van der Waals surface area contributed by atoms with Crippen LogP contribution in [0.3, 0.4) is 0 Å². The van der Waals surface area contributed by atoms with Gasteiger partial charge in [0.1, 0.15) is 6.10 Å². The molecule has 2 unspecified atom stereocenters. The Morgan fingerprint density at radius 2 is 2.28 bits per heavy atom. The van der Waals surface area contributed by atoms with Crippen molar-refractivity contribution in [2.45, 2.75) is 37.8 Å². The summed E-state index contributed by atoms with van der Waals surface area (Å²) in [4.78, 5) is 15.2. The van der Waals surface area contributed by atoms with E-state index in [1.54, 1.807) is 18.3 Å². The number of pyridine rings is 1. The van der Waals surface area contributed by atoms with Gasteiger partial charge in [0.25, 0.3) is 0 Å². The molecule has 2 atom stereocenters. The van der Waals surface area contributed by atoms with Crippen LogP contribution in [0.2, 0.25) is 0 Å². The van der Waals surface area contributed by atoms with Gasteiger partial charge in [0, 0.05) is 23.9 Å². The third-order valence-corrected chi connectivity index (χ3v) is 3.36. The highest BCUT2D eigenvalue weighted by molar-refractivity contribution is 5.92. The molecule has 18 heavy (non-hydrogen) atoms. The minimum Gasteiger partial charge on any atom is -0.473 e. The van der Waals surface area contributed by atoms with Crippen molar-refractivity contribution < 1.29 is 9.53 Å². The summed E-state index contributed by atoms with van der Waals surface area (Å²) in [6.07, 6.45) is 6.16. The fourth-order valence-corrected chi connectivity index (χ4v) is 2.35. The van der Waals surface area contributed by atoms with Gasteiger partial charge in [-0.15, -0.1) is 0 Å². The van der Waals surface area contributed by atoms with Gasteiger partial charge < -0.3 is 15.8 Å². The summed E-state index contributed by atoms with van der Waals surface area (Å²) in [5.41, 5.74) is 5.66. The number of nitrogens with one attached hydrogen (secondary N) is 1. The van der Waals surface area contributed by atoms with Crippen molar-refractivity contribution in [2.75, 3.05) is 7.05 Å². The first-order valence-electron chi connectivity index (χ1n) is 6.30. The summed E-state index contributed by atoms with van der Waals surface area (Å²) in [5.74, 6) is 0.00881. The van der Waals surface area contributed by atoms with E-state index in [0.29, 0.717) is 17.5 Å².